The molecule has 114 valence electrons. The molecule has 1 N–H and O–H groups in total. The van der Waals surface area contributed by atoms with Crippen LogP contribution in [-0.4, -0.2) is 24.7 Å². The number of carboxylic acids is 1. The Balaban J connectivity index is 2.02. The maximum atomic E-state index is 10.6. The van der Waals surface area contributed by atoms with Crippen LogP contribution in [0.4, 0.5) is 5.69 Å². The third-order valence-electron chi connectivity index (χ3n) is 4.09. The van der Waals surface area contributed by atoms with Gasteiger partial charge in [0.1, 0.15) is 0 Å². The van der Waals surface area contributed by atoms with Crippen LogP contribution >= 0.6 is 15.9 Å². The first-order valence-electron chi connectivity index (χ1n) is 7.48. The molecule has 0 radical (unpaired) electrons. The maximum Gasteiger partial charge on any atom is 0.328 e. The SMILES string of the molecule is CN(CC1CCCCC1)c1ccc(/C=C/C(=O)O)c(Br)c1. The van der Waals surface area contributed by atoms with Gasteiger partial charge in [0.05, 0.1) is 0 Å². The minimum atomic E-state index is -0.930. The summed E-state index contributed by atoms with van der Waals surface area (Å²) in [7, 11) is 2.13. The van der Waals surface area contributed by atoms with Crippen molar-refractivity contribution in [3.8, 4) is 0 Å². The maximum absolute atomic E-state index is 10.6. The van der Waals surface area contributed by atoms with Crippen LogP contribution in [0.1, 0.15) is 37.7 Å². The molecular formula is C17H22BrNO2. The monoisotopic (exact) mass is 351 g/mol. The fourth-order valence-electron chi connectivity index (χ4n) is 2.91. The molecule has 0 saturated heterocycles. The molecule has 0 amide bonds. The highest BCUT2D eigenvalue weighted by Crippen LogP contribution is 2.28. The van der Waals surface area contributed by atoms with Gasteiger partial charge in [-0.2, -0.15) is 0 Å². The van der Waals surface area contributed by atoms with Gasteiger partial charge in [-0.3, -0.25) is 0 Å². The van der Waals surface area contributed by atoms with E-state index in [1.807, 2.05) is 6.07 Å². The number of benzene rings is 1. The lowest BCUT2D eigenvalue weighted by molar-refractivity contribution is -0.131. The lowest BCUT2D eigenvalue weighted by Gasteiger charge is -2.28. The number of halogens is 1. The van der Waals surface area contributed by atoms with Gasteiger partial charge in [-0.25, -0.2) is 4.79 Å². The van der Waals surface area contributed by atoms with Crippen molar-refractivity contribution in [1.29, 1.82) is 0 Å². The largest absolute Gasteiger partial charge is 0.478 e. The average molecular weight is 352 g/mol. The minimum absolute atomic E-state index is 0.800. The number of carbonyl (C=O) groups is 1. The smallest absolute Gasteiger partial charge is 0.328 e. The zero-order valence-corrected chi connectivity index (χ0v) is 14.0. The molecule has 1 aromatic rings. The van der Waals surface area contributed by atoms with E-state index in [9.17, 15) is 4.79 Å². The Bertz CT molecular complexity index is 522. The van der Waals surface area contributed by atoms with Crippen LogP contribution < -0.4 is 4.90 Å². The van der Waals surface area contributed by atoms with E-state index in [0.717, 1.165) is 28.6 Å². The first-order chi connectivity index (χ1) is 10.1. The molecule has 3 nitrogen and oxygen atoms in total. The fraction of sp³-hybridized carbons (Fsp3) is 0.471. The summed E-state index contributed by atoms with van der Waals surface area (Å²) < 4.78 is 0.924. The van der Waals surface area contributed by atoms with Gasteiger partial charge in [-0.1, -0.05) is 41.3 Å². The molecule has 0 bridgehead atoms. The lowest BCUT2D eigenvalue weighted by atomic mass is 9.89. The molecule has 21 heavy (non-hydrogen) atoms. The number of hydrogen-bond donors (Lipinski definition) is 1. The summed E-state index contributed by atoms with van der Waals surface area (Å²) in [5.74, 6) is -0.130. The second kappa shape index (κ2) is 7.64. The van der Waals surface area contributed by atoms with Gasteiger partial charge in [0.2, 0.25) is 0 Å². The summed E-state index contributed by atoms with van der Waals surface area (Å²) in [6.45, 7) is 1.09. The highest BCUT2D eigenvalue weighted by Gasteiger charge is 2.15. The van der Waals surface area contributed by atoms with Crippen molar-refractivity contribution < 1.29 is 9.90 Å². The summed E-state index contributed by atoms with van der Waals surface area (Å²) in [5.41, 5.74) is 2.05. The quantitative estimate of drug-likeness (QED) is 0.790. The van der Waals surface area contributed by atoms with Gasteiger partial charge in [-0.05, 0) is 42.5 Å². The summed E-state index contributed by atoms with van der Waals surface area (Å²) in [5, 5.41) is 8.68. The average Bonchev–Trinajstić information content (AvgIpc) is 2.46. The third kappa shape index (κ3) is 4.88. The van der Waals surface area contributed by atoms with E-state index in [2.05, 4.69) is 40.0 Å². The van der Waals surface area contributed by atoms with E-state index in [1.54, 1.807) is 6.08 Å². The zero-order chi connectivity index (χ0) is 15.2. The van der Waals surface area contributed by atoms with Crippen LogP contribution in [0.2, 0.25) is 0 Å². The van der Waals surface area contributed by atoms with Gasteiger partial charge in [-0.15, -0.1) is 0 Å². The summed E-state index contributed by atoms with van der Waals surface area (Å²) in [6.07, 6.45) is 9.55. The Labute approximate surface area is 134 Å². The van der Waals surface area contributed by atoms with Crippen molar-refractivity contribution in [2.24, 2.45) is 5.92 Å². The second-order valence-electron chi connectivity index (χ2n) is 5.76. The van der Waals surface area contributed by atoms with Crippen molar-refractivity contribution in [2.75, 3.05) is 18.5 Å². The molecule has 4 heteroatoms. The van der Waals surface area contributed by atoms with Gasteiger partial charge in [0, 0.05) is 29.8 Å². The third-order valence-corrected chi connectivity index (χ3v) is 4.77. The standard InChI is InChI=1S/C17H22BrNO2/c1-19(12-13-5-3-2-4-6-13)15-9-7-14(16(18)11-15)8-10-17(20)21/h7-11,13H,2-6,12H2,1H3,(H,20,21)/b10-8+. The van der Waals surface area contributed by atoms with Gasteiger partial charge in [0.15, 0.2) is 0 Å². The molecule has 0 atom stereocenters. The summed E-state index contributed by atoms with van der Waals surface area (Å²) in [4.78, 5) is 12.9. The number of carboxylic acid groups (broad SMARTS) is 1. The lowest BCUT2D eigenvalue weighted by Crippen LogP contribution is -2.26. The number of anilines is 1. The predicted octanol–water partition coefficient (Wildman–Crippen LogP) is 4.56. The number of nitrogens with zero attached hydrogens (tertiary/aromatic N) is 1. The van der Waals surface area contributed by atoms with E-state index in [4.69, 9.17) is 5.11 Å². The van der Waals surface area contributed by atoms with Crippen molar-refractivity contribution in [1.82, 2.24) is 0 Å². The van der Waals surface area contributed by atoms with Gasteiger partial charge >= 0.3 is 5.97 Å². The Morgan fingerprint density at radius 3 is 2.71 bits per heavy atom. The van der Waals surface area contributed by atoms with Crippen LogP contribution in [0.3, 0.4) is 0 Å². The fourth-order valence-corrected chi connectivity index (χ4v) is 3.41. The molecule has 1 aliphatic carbocycles. The van der Waals surface area contributed by atoms with Crippen LogP contribution in [0.5, 0.6) is 0 Å². The topological polar surface area (TPSA) is 40.5 Å². The van der Waals surface area contributed by atoms with E-state index in [1.165, 1.54) is 37.8 Å². The molecule has 0 aliphatic heterocycles. The van der Waals surface area contributed by atoms with E-state index < -0.39 is 5.97 Å². The molecule has 0 aromatic heterocycles. The van der Waals surface area contributed by atoms with Crippen LogP contribution in [0.25, 0.3) is 6.08 Å². The second-order valence-corrected chi connectivity index (χ2v) is 6.62. The molecule has 0 heterocycles. The summed E-state index contributed by atoms with van der Waals surface area (Å²) in [6, 6.07) is 6.07. The molecule has 1 fully saturated rings. The van der Waals surface area contributed by atoms with Crippen molar-refractivity contribution in [3.05, 3.63) is 34.3 Å². The Morgan fingerprint density at radius 1 is 1.38 bits per heavy atom. The Hall–Kier alpha value is -1.29. The highest BCUT2D eigenvalue weighted by molar-refractivity contribution is 9.10. The van der Waals surface area contributed by atoms with E-state index in [-0.39, 0.29) is 0 Å². The molecule has 0 spiro atoms. The van der Waals surface area contributed by atoms with E-state index in [0.29, 0.717) is 0 Å². The van der Waals surface area contributed by atoms with Crippen molar-refractivity contribution in [2.45, 2.75) is 32.1 Å². The molecule has 1 aliphatic rings. The first kappa shape index (κ1) is 16.1. The van der Waals surface area contributed by atoms with Crippen LogP contribution in [-0.2, 0) is 4.79 Å². The Morgan fingerprint density at radius 2 is 2.10 bits per heavy atom. The number of aliphatic carboxylic acids is 1. The predicted molar refractivity (Wildman–Crippen MR) is 90.7 cm³/mol. The van der Waals surface area contributed by atoms with Crippen molar-refractivity contribution >= 4 is 33.7 Å². The molecular weight excluding hydrogens is 330 g/mol. The summed E-state index contributed by atoms with van der Waals surface area (Å²) >= 11 is 3.52. The van der Waals surface area contributed by atoms with E-state index >= 15 is 0 Å². The molecule has 2 rings (SSSR count). The first-order valence-corrected chi connectivity index (χ1v) is 8.27. The number of rotatable bonds is 5. The van der Waals surface area contributed by atoms with Gasteiger partial charge in [0.25, 0.3) is 0 Å². The van der Waals surface area contributed by atoms with Crippen LogP contribution in [0.15, 0.2) is 28.7 Å². The molecule has 0 unspecified atom stereocenters. The van der Waals surface area contributed by atoms with Crippen LogP contribution in [0, 0.1) is 5.92 Å². The molecule has 1 saturated carbocycles. The molecule has 1 aromatic carbocycles. The van der Waals surface area contributed by atoms with Crippen molar-refractivity contribution in [3.63, 3.8) is 0 Å². The Kier molecular flexibility index (Phi) is 5.85. The van der Waals surface area contributed by atoms with Gasteiger partial charge < -0.3 is 10.0 Å². The highest BCUT2D eigenvalue weighted by atomic mass is 79.9. The zero-order valence-electron chi connectivity index (χ0n) is 12.4. The normalized spacial score (nSPS) is 16.3. The minimum Gasteiger partial charge on any atom is -0.478 e. The number of hydrogen-bond acceptors (Lipinski definition) is 2.